The first-order valence-electron chi connectivity index (χ1n) is 9.19. The van der Waals surface area contributed by atoms with E-state index < -0.39 is 0 Å². The van der Waals surface area contributed by atoms with Crippen LogP contribution in [0.4, 0.5) is 5.69 Å². The van der Waals surface area contributed by atoms with Gasteiger partial charge in [0.25, 0.3) is 0 Å². The van der Waals surface area contributed by atoms with Gasteiger partial charge in [-0.2, -0.15) is 0 Å². The molecular weight excluding hydrogens is 344 g/mol. The largest absolute Gasteiger partial charge is 0.295 e. The second-order valence-corrected chi connectivity index (χ2v) is 6.76. The molecule has 0 aliphatic heterocycles. The molecule has 0 amide bonds. The highest BCUT2D eigenvalue weighted by Gasteiger charge is 2.09. The Hall–Kier alpha value is -3.59. The molecule has 136 valence electrons. The quantitative estimate of drug-likeness (QED) is 0.301. The number of aliphatic imine (C=N–C) groups is 1. The van der Waals surface area contributed by atoms with Gasteiger partial charge in [-0.05, 0) is 49.5 Å². The Kier molecular flexibility index (Phi) is 4.58. The molecule has 0 saturated carbocycles. The molecule has 0 radical (unpaired) electrons. The molecule has 4 aromatic rings. The summed E-state index contributed by atoms with van der Waals surface area (Å²) in [6.45, 7) is 7.30. The van der Waals surface area contributed by atoms with Crippen LogP contribution in [0.1, 0.15) is 29.8 Å². The lowest BCUT2D eigenvalue weighted by molar-refractivity contribution is 0.101. The summed E-state index contributed by atoms with van der Waals surface area (Å²) in [6, 6.07) is 20.1. The van der Waals surface area contributed by atoms with Gasteiger partial charge in [0, 0.05) is 22.1 Å². The SMILES string of the molecule is C=Nc1c(/C=C\C)ccc2ccc(-c3ccc4cc(C(C)=O)ccc4c3)nc12. The molecule has 0 N–H and O–H groups in total. The van der Waals surface area contributed by atoms with Gasteiger partial charge in [0.2, 0.25) is 0 Å². The molecular formula is C25H20N2O. The van der Waals surface area contributed by atoms with Crippen LogP contribution in [0.2, 0.25) is 0 Å². The van der Waals surface area contributed by atoms with Crippen LogP contribution in [-0.4, -0.2) is 17.5 Å². The minimum atomic E-state index is 0.0727. The molecule has 0 atom stereocenters. The van der Waals surface area contributed by atoms with Gasteiger partial charge in [-0.15, -0.1) is 0 Å². The Labute approximate surface area is 164 Å². The molecule has 3 heteroatoms. The van der Waals surface area contributed by atoms with Gasteiger partial charge in [0.15, 0.2) is 5.78 Å². The number of hydrogen-bond donors (Lipinski definition) is 0. The van der Waals surface area contributed by atoms with Gasteiger partial charge in [-0.1, -0.05) is 54.6 Å². The van der Waals surface area contributed by atoms with Crippen molar-refractivity contribution in [2.24, 2.45) is 4.99 Å². The van der Waals surface area contributed by atoms with Gasteiger partial charge < -0.3 is 0 Å². The van der Waals surface area contributed by atoms with E-state index in [1.807, 2.05) is 61.5 Å². The summed E-state index contributed by atoms with van der Waals surface area (Å²) in [5, 5.41) is 3.15. The highest BCUT2D eigenvalue weighted by atomic mass is 16.1. The van der Waals surface area contributed by atoms with E-state index in [2.05, 4.69) is 29.9 Å². The van der Waals surface area contributed by atoms with Crippen LogP contribution < -0.4 is 0 Å². The number of rotatable bonds is 4. The zero-order valence-corrected chi connectivity index (χ0v) is 15.9. The third-order valence-electron chi connectivity index (χ3n) is 4.91. The number of fused-ring (bicyclic) bond motifs is 2. The number of aromatic nitrogens is 1. The van der Waals surface area contributed by atoms with Gasteiger partial charge in [0.1, 0.15) is 0 Å². The van der Waals surface area contributed by atoms with Crippen molar-refractivity contribution in [2.45, 2.75) is 13.8 Å². The molecule has 0 saturated heterocycles. The molecule has 0 spiro atoms. The van der Waals surface area contributed by atoms with Crippen LogP contribution in [0.15, 0.2) is 71.7 Å². The van der Waals surface area contributed by atoms with E-state index >= 15 is 0 Å². The first-order valence-corrected chi connectivity index (χ1v) is 9.19. The minimum Gasteiger partial charge on any atom is -0.295 e. The highest BCUT2D eigenvalue weighted by Crippen LogP contribution is 2.32. The second-order valence-electron chi connectivity index (χ2n) is 6.76. The van der Waals surface area contributed by atoms with Gasteiger partial charge in [0.05, 0.1) is 16.9 Å². The second kappa shape index (κ2) is 7.20. The first kappa shape index (κ1) is 17.8. The smallest absolute Gasteiger partial charge is 0.159 e. The van der Waals surface area contributed by atoms with E-state index in [-0.39, 0.29) is 5.78 Å². The van der Waals surface area contributed by atoms with Crippen molar-refractivity contribution in [3.05, 3.63) is 77.9 Å². The number of hydrogen-bond acceptors (Lipinski definition) is 3. The molecule has 1 heterocycles. The zero-order chi connectivity index (χ0) is 19.7. The van der Waals surface area contributed by atoms with Crippen LogP contribution in [0.3, 0.4) is 0 Å². The lowest BCUT2D eigenvalue weighted by Crippen LogP contribution is -1.91. The number of ketones is 1. The Morgan fingerprint density at radius 2 is 1.68 bits per heavy atom. The summed E-state index contributed by atoms with van der Waals surface area (Å²) in [6.07, 6.45) is 4.00. The maximum atomic E-state index is 11.6. The molecule has 0 fully saturated rings. The van der Waals surface area contributed by atoms with Crippen molar-refractivity contribution >= 4 is 45.9 Å². The Balaban J connectivity index is 1.87. The number of benzene rings is 3. The first-order chi connectivity index (χ1) is 13.6. The summed E-state index contributed by atoms with van der Waals surface area (Å²) >= 11 is 0. The van der Waals surface area contributed by atoms with Gasteiger partial charge >= 0.3 is 0 Å². The average Bonchev–Trinajstić information content (AvgIpc) is 2.72. The summed E-state index contributed by atoms with van der Waals surface area (Å²) in [7, 11) is 0. The average molecular weight is 364 g/mol. The molecule has 3 nitrogen and oxygen atoms in total. The molecule has 3 aromatic carbocycles. The number of allylic oxidation sites excluding steroid dienone is 1. The fraction of sp³-hybridized carbons (Fsp3) is 0.0800. The summed E-state index contributed by atoms with van der Waals surface area (Å²) in [5.41, 5.74) is 5.27. The lowest BCUT2D eigenvalue weighted by Gasteiger charge is -2.09. The Morgan fingerprint density at radius 1 is 0.964 bits per heavy atom. The monoisotopic (exact) mass is 364 g/mol. The summed E-state index contributed by atoms with van der Waals surface area (Å²) in [4.78, 5) is 20.7. The molecule has 0 unspecified atom stereocenters. The number of pyridine rings is 1. The molecule has 0 aliphatic rings. The third kappa shape index (κ3) is 3.12. The molecule has 28 heavy (non-hydrogen) atoms. The van der Waals surface area contributed by atoms with Gasteiger partial charge in [-0.25, -0.2) is 4.98 Å². The van der Waals surface area contributed by atoms with Crippen molar-refractivity contribution in [3.8, 4) is 11.3 Å². The number of carbonyl (C=O) groups excluding carboxylic acids is 1. The maximum Gasteiger partial charge on any atom is 0.159 e. The summed E-state index contributed by atoms with van der Waals surface area (Å²) in [5.74, 6) is 0.0727. The van der Waals surface area contributed by atoms with Crippen molar-refractivity contribution < 1.29 is 4.79 Å². The van der Waals surface area contributed by atoms with E-state index in [1.165, 1.54) is 0 Å². The Bertz CT molecular complexity index is 1270. The standard InChI is InChI=1S/C25H20N2O/c1-4-5-17-6-7-18-12-13-23(27-25(18)24(17)26-3)22-11-10-20-14-19(16(2)28)8-9-21(20)15-22/h4-15H,3H2,1-2H3/b5-4-. The maximum absolute atomic E-state index is 11.6. The molecule has 0 aliphatic carbocycles. The lowest BCUT2D eigenvalue weighted by atomic mass is 10.0. The minimum absolute atomic E-state index is 0.0727. The fourth-order valence-corrected chi connectivity index (χ4v) is 3.45. The van der Waals surface area contributed by atoms with Gasteiger partial charge in [-0.3, -0.25) is 9.79 Å². The van der Waals surface area contributed by atoms with Crippen molar-refractivity contribution in [3.63, 3.8) is 0 Å². The predicted molar refractivity (Wildman–Crippen MR) is 119 cm³/mol. The van der Waals surface area contributed by atoms with E-state index in [0.717, 1.165) is 49.7 Å². The van der Waals surface area contributed by atoms with Crippen molar-refractivity contribution in [1.82, 2.24) is 4.98 Å². The van der Waals surface area contributed by atoms with Crippen molar-refractivity contribution in [1.29, 1.82) is 0 Å². The number of nitrogens with zero attached hydrogens (tertiary/aromatic N) is 2. The molecule has 0 bridgehead atoms. The topological polar surface area (TPSA) is 42.3 Å². The summed E-state index contributed by atoms with van der Waals surface area (Å²) < 4.78 is 0. The van der Waals surface area contributed by atoms with Crippen LogP contribution >= 0.6 is 0 Å². The normalized spacial score (nSPS) is 11.4. The zero-order valence-electron chi connectivity index (χ0n) is 15.9. The highest BCUT2D eigenvalue weighted by molar-refractivity contribution is 5.99. The fourth-order valence-electron chi connectivity index (χ4n) is 3.45. The van der Waals surface area contributed by atoms with E-state index in [4.69, 9.17) is 4.98 Å². The molecule has 4 rings (SSSR count). The number of Topliss-reactive ketones (excluding diaryl/α,β-unsaturated/α-hetero) is 1. The van der Waals surface area contributed by atoms with Crippen LogP contribution in [0, 0.1) is 0 Å². The molecule has 1 aromatic heterocycles. The van der Waals surface area contributed by atoms with E-state index in [9.17, 15) is 4.79 Å². The van der Waals surface area contributed by atoms with Crippen LogP contribution in [0.25, 0.3) is 39.0 Å². The third-order valence-corrected chi connectivity index (χ3v) is 4.91. The Morgan fingerprint density at radius 3 is 2.43 bits per heavy atom. The number of carbonyl (C=O) groups is 1. The van der Waals surface area contributed by atoms with Crippen molar-refractivity contribution in [2.75, 3.05) is 0 Å². The van der Waals surface area contributed by atoms with E-state index in [0.29, 0.717) is 0 Å². The predicted octanol–water partition coefficient (Wildman–Crippen LogP) is 6.62. The van der Waals surface area contributed by atoms with Crippen LogP contribution in [-0.2, 0) is 0 Å². The van der Waals surface area contributed by atoms with Crippen LogP contribution in [0.5, 0.6) is 0 Å². The van der Waals surface area contributed by atoms with E-state index in [1.54, 1.807) is 6.92 Å².